The Hall–Kier alpha value is -0.980. The van der Waals surface area contributed by atoms with Gasteiger partial charge in [-0.3, -0.25) is 0 Å². The number of ether oxygens (including phenoxy) is 1. The number of thioether (sulfide) groups is 1. The summed E-state index contributed by atoms with van der Waals surface area (Å²) in [4.78, 5) is 0. The number of terminal acetylenes is 1. The van der Waals surface area contributed by atoms with Crippen molar-refractivity contribution in [3.63, 3.8) is 0 Å². The lowest BCUT2D eigenvalue weighted by Gasteiger charge is -2.29. The van der Waals surface area contributed by atoms with Gasteiger partial charge in [0.2, 0.25) is 4.38 Å². The first-order valence-corrected chi connectivity index (χ1v) is 8.01. The lowest BCUT2D eigenvalue weighted by molar-refractivity contribution is 0.144. The average molecular weight is 290 g/mol. The van der Waals surface area contributed by atoms with Crippen molar-refractivity contribution in [2.45, 2.75) is 37.7 Å². The van der Waals surface area contributed by atoms with Crippen LogP contribution in [0.3, 0.4) is 0 Å². The lowest BCUT2D eigenvalue weighted by atomic mass is 9.83. The van der Waals surface area contributed by atoms with Crippen molar-refractivity contribution >= 4 is 28.4 Å². The van der Waals surface area contributed by atoms with E-state index in [2.05, 4.69) is 36.3 Å². The smallest absolute Gasteiger partial charge is 0.221 e. The van der Waals surface area contributed by atoms with Crippen LogP contribution < -0.4 is 0 Å². The van der Waals surface area contributed by atoms with E-state index in [0.717, 1.165) is 12.8 Å². The van der Waals surface area contributed by atoms with Gasteiger partial charge in [-0.05, 0) is 49.4 Å². The first-order valence-electron chi connectivity index (χ1n) is 6.61. The maximum Gasteiger partial charge on any atom is 0.221 e. The molecular formula is C16H18OS2. The quantitative estimate of drug-likeness (QED) is 0.604. The minimum absolute atomic E-state index is 0.276. The minimum Gasteiger partial charge on any atom is -0.475 e. The van der Waals surface area contributed by atoms with Crippen molar-refractivity contribution < 1.29 is 4.74 Å². The molecule has 0 heterocycles. The molecule has 0 saturated heterocycles. The SMILES string of the molecule is C#CCSC(=S)OC1CCC(c2ccccc2)CC1. The Morgan fingerprint density at radius 2 is 1.95 bits per heavy atom. The summed E-state index contributed by atoms with van der Waals surface area (Å²) in [6.07, 6.45) is 10.00. The van der Waals surface area contributed by atoms with E-state index in [4.69, 9.17) is 23.4 Å². The number of thiocarbonyl (C=S) groups is 1. The van der Waals surface area contributed by atoms with Crippen LogP contribution in [0.25, 0.3) is 0 Å². The largest absolute Gasteiger partial charge is 0.475 e. The molecule has 0 radical (unpaired) electrons. The fourth-order valence-electron chi connectivity index (χ4n) is 2.51. The van der Waals surface area contributed by atoms with E-state index in [0.29, 0.717) is 16.1 Å². The molecule has 1 aliphatic carbocycles. The molecule has 0 unspecified atom stereocenters. The van der Waals surface area contributed by atoms with Crippen LogP contribution in [0.2, 0.25) is 0 Å². The third kappa shape index (κ3) is 4.56. The normalized spacial score (nSPS) is 22.5. The zero-order chi connectivity index (χ0) is 13.5. The topological polar surface area (TPSA) is 9.23 Å². The van der Waals surface area contributed by atoms with E-state index in [-0.39, 0.29) is 6.10 Å². The predicted octanol–water partition coefficient (Wildman–Crippen LogP) is 4.38. The highest BCUT2D eigenvalue weighted by molar-refractivity contribution is 8.22. The molecule has 1 aromatic rings. The number of hydrogen-bond acceptors (Lipinski definition) is 3. The molecule has 2 rings (SSSR count). The van der Waals surface area contributed by atoms with E-state index in [1.165, 1.54) is 30.2 Å². The molecule has 0 aromatic heterocycles. The fourth-order valence-corrected chi connectivity index (χ4v) is 3.23. The van der Waals surface area contributed by atoms with E-state index in [1.807, 2.05) is 0 Å². The van der Waals surface area contributed by atoms with Gasteiger partial charge < -0.3 is 4.74 Å². The van der Waals surface area contributed by atoms with Crippen LogP contribution in [0.15, 0.2) is 30.3 Å². The van der Waals surface area contributed by atoms with Gasteiger partial charge >= 0.3 is 0 Å². The van der Waals surface area contributed by atoms with Crippen molar-refractivity contribution in [2.24, 2.45) is 0 Å². The zero-order valence-electron chi connectivity index (χ0n) is 10.9. The molecular weight excluding hydrogens is 272 g/mol. The van der Waals surface area contributed by atoms with E-state index in [9.17, 15) is 0 Å². The van der Waals surface area contributed by atoms with Crippen LogP contribution in [0.5, 0.6) is 0 Å². The van der Waals surface area contributed by atoms with E-state index < -0.39 is 0 Å². The lowest BCUT2D eigenvalue weighted by Crippen LogP contribution is -2.22. The maximum atomic E-state index is 5.78. The summed E-state index contributed by atoms with van der Waals surface area (Å²) in [5.41, 5.74) is 1.45. The van der Waals surface area contributed by atoms with Crippen molar-refractivity contribution in [1.29, 1.82) is 0 Å². The van der Waals surface area contributed by atoms with Gasteiger partial charge in [0, 0.05) is 0 Å². The second-order valence-corrected chi connectivity index (χ2v) is 6.32. The standard InChI is InChI=1S/C16H18OS2/c1-2-12-19-16(18)17-15-10-8-14(9-11-15)13-6-4-3-5-7-13/h1,3-7,14-15H,8-12H2. The first kappa shape index (κ1) is 14.4. The molecule has 0 N–H and O–H groups in total. The Labute approximate surface area is 125 Å². The Kier molecular flexibility index (Phi) is 5.75. The van der Waals surface area contributed by atoms with Gasteiger partial charge in [0.05, 0.1) is 5.75 Å². The average Bonchev–Trinajstić information content (AvgIpc) is 2.47. The zero-order valence-corrected chi connectivity index (χ0v) is 12.5. The molecule has 1 saturated carbocycles. The van der Waals surface area contributed by atoms with Gasteiger partial charge in [-0.2, -0.15) is 0 Å². The van der Waals surface area contributed by atoms with Crippen LogP contribution in [0.1, 0.15) is 37.2 Å². The molecule has 3 heteroatoms. The van der Waals surface area contributed by atoms with Crippen LogP contribution in [-0.4, -0.2) is 16.2 Å². The monoisotopic (exact) mass is 290 g/mol. The molecule has 0 spiro atoms. The molecule has 1 aliphatic rings. The summed E-state index contributed by atoms with van der Waals surface area (Å²) in [7, 11) is 0. The molecule has 100 valence electrons. The maximum absolute atomic E-state index is 5.78. The molecule has 0 atom stereocenters. The molecule has 0 bridgehead atoms. The predicted molar refractivity (Wildman–Crippen MR) is 86.4 cm³/mol. The van der Waals surface area contributed by atoms with Crippen molar-refractivity contribution in [3.05, 3.63) is 35.9 Å². The minimum atomic E-state index is 0.276. The summed E-state index contributed by atoms with van der Waals surface area (Å²) in [6.45, 7) is 0. The van der Waals surface area contributed by atoms with E-state index >= 15 is 0 Å². The highest BCUT2D eigenvalue weighted by Crippen LogP contribution is 2.34. The van der Waals surface area contributed by atoms with Crippen molar-refractivity contribution in [2.75, 3.05) is 5.75 Å². The third-order valence-corrected chi connectivity index (χ3v) is 4.57. The molecule has 1 fully saturated rings. The molecule has 1 aromatic carbocycles. The second kappa shape index (κ2) is 7.57. The number of hydrogen-bond donors (Lipinski definition) is 0. The second-order valence-electron chi connectivity index (χ2n) is 4.74. The van der Waals surface area contributed by atoms with Gasteiger partial charge in [0.25, 0.3) is 0 Å². The molecule has 0 aliphatic heterocycles. The van der Waals surface area contributed by atoms with Gasteiger partial charge in [0.15, 0.2) is 0 Å². The molecule has 0 amide bonds. The van der Waals surface area contributed by atoms with Crippen LogP contribution in [0, 0.1) is 12.3 Å². The van der Waals surface area contributed by atoms with Crippen LogP contribution in [-0.2, 0) is 4.74 Å². The van der Waals surface area contributed by atoms with Gasteiger partial charge in [-0.15, -0.1) is 6.42 Å². The third-order valence-electron chi connectivity index (χ3n) is 3.48. The molecule has 19 heavy (non-hydrogen) atoms. The van der Waals surface area contributed by atoms with Crippen LogP contribution in [0.4, 0.5) is 0 Å². The summed E-state index contributed by atoms with van der Waals surface area (Å²) < 4.78 is 6.37. The highest BCUT2D eigenvalue weighted by atomic mass is 32.2. The summed E-state index contributed by atoms with van der Waals surface area (Å²) in [5.74, 6) is 3.83. The van der Waals surface area contributed by atoms with Crippen molar-refractivity contribution in [1.82, 2.24) is 0 Å². The van der Waals surface area contributed by atoms with Crippen molar-refractivity contribution in [3.8, 4) is 12.3 Å². The molecule has 1 nitrogen and oxygen atoms in total. The Bertz CT molecular complexity index is 442. The first-order chi connectivity index (χ1) is 9.29. The Balaban J connectivity index is 1.77. The van der Waals surface area contributed by atoms with Crippen LogP contribution >= 0.6 is 24.0 Å². The van der Waals surface area contributed by atoms with Gasteiger partial charge in [-0.25, -0.2) is 0 Å². The number of rotatable bonds is 3. The fraction of sp³-hybridized carbons (Fsp3) is 0.438. The van der Waals surface area contributed by atoms with Gasteiger partial charge in [0.1, 0.15) is 6.10 Å². The number of benzene rings is 1. The Morgan fingerprint density at radius 1 is 1.26 bits per heavy atom. The summed E-state index contributed by atoms with van der Waals surface area (Å²) in [5, 5.41) is 0. The summed E-state index contributed by atoms with van der Waals surface area (Å²) in [6, 6.07) is 10.7. The Morgan fingerprint density at radius 3 is 2.58 bits per heavy atom. The van der Waals surface area contributed by atoms with E-state index in [1.54, 1.807) is 0 Å². The summed E-state index contributed by atoms with van der Waals surface area (Å²) >= 11 is 6.61. The highest BCUT2D eigenvalue weighted by Gasteiger charge is 2.23. The van der Waals surface area contributed by atoms with Gasteiger partial charge in [-0.1, -0.05) is 48.0 Å².